The topological polar surface area (TPSA) is 237 Å². The van der Waals surface area contributed by atoms with E-state index in [1.807, 2.05) is 0 Å². The van der Waals surface area contributed by atoms with Crippen LogP contribution in [0.1, 0.15) is 459 Å². The Morgan fingerprint density at radius 2 is 0.438 bits per heavy atom. The smallest absolute Gasteiger partial charge is 0.462 e. The molecule has 0 amide bonds. The monoisotopic (exact) mass is 1540 g/mol. The molecular formula is C86H168O17P2. The van der Waals surface area contributed by atoms with Gasteiger partial charge in [-0.05, 0) is 37.5 Å². The van der Waals surface area contributed by atoms with Crippen molar-refractivity contribution >= 4 is 39.5 Å². The lowest BCUT2D eigenvalue weighted by Gasteiger charge is -2.21. The molecule has 0 saturated carbocycles. The van der Waals surface area contributed by atoms with Crippen molar-refractivity contribution in [2.24, 2.45) is 11.8 Å². The Hall–Kier alpha value is -1.94. The van der Waals surface area contributed by atoms with Crippen LogP contribution in [-0.4, -0.2) is 96.7 Å². The third kappa shape index (κ3) is 79.9. The minimum atomic E-state index is -4.97. The summed E-state index contributed by atoms with van der Waals surface area (Å²) in [6.45, 7) is 9.61. The first-order chi connectivity index (χ1) is 50.9. The van der Waals surface area contributed by atoms with E-state index in [1.165, 1.54) is 270 Å². The van der Waals surface area contributed by atoms with Gasteiger partial charge in [-0.25, -0.2) is 9.13 Å². The van der Waals surface area contributed by atoms with Crippen LogP contribution in [0.4, 0.5) is 0 Å². The Morgan fingerprint density at radius 3 is 0.648 bits per heavy atom. The highest BCUT2D eigenvalue weighted by Gasteiger charge is 2.30. The van der Waals surface area contributed by atoms with Gasteiger partial charge in [-0.1, -0.05) is 408 Å². The summed E-state index contributed by atoms with van der Waals surface area (Å²) in [5.41, 5.74) is 0. The summed E-state index contributed by atoms with van der Waals surface area (Å²) in [5.74, 6) is -0.635. The van der Waals surface area contributed by atoms with Gasteiger partial charge in [0.15, 0.2) is 12.2 Å². The molecule has 0 aromatic heterocycles. The van der Waals surface area contributed by atoms with Crippen molar-refractivity contribution in [2.75, 3.05) is 39.6 Å². The summed E-state index contributed by atoms with van der Waals surface area (Å²) >= 11 is 0. The summed E-state index contributed by atoms with van der Waals surface area (Å²) in [7, 11) is -9.93. The van der Waals surface area contributed by atoms with Crippen LogP contribution in [0, 0.1) is 11.8 Å². The second-order valence-electron chi connectivity index (χ2n) is 31.9. The molecule has 5 atom stereocenters. The van der Waals surface area contributed by atoms with Crippen molar-refractivity contribution in [3.8, 4) is 0 Å². The van der Waals surface area contributed by atoms with Gasteiger partial charge in [0.05, 0.1) is 26.4 Å². The third-order valence-corrected chi connectivity index (χ3v) is 22.1. The molecule has 0 saturated heterocycles. The van der Waals surface area contributed by atoms with E-state index in [-0.39, 0.29) is 25.7 Å². The zero-order valence-electron chi connectivity index (χ0n) is 69.0. The highest BCUT2D eigenvalue weighted by Crippen LogP contribution is 2.45. The first-order valence-corrected chi connectivity index (χ1v) is 47.5. The van der Waals surface area contributed by atoms with E-state index < -0.39 is 97.5 Å². The minimum absolute atomic E-state index is 0.106. The number of phosphoric acid groups is 2. The highest BCUT2D eigenvalue weighted by molar-refractivity contribution is 7.47. The van der Waals surface area contributed by atoms with Gasteiger partial charge in [-0.2, -0.15) is 0 Å². The number of aliphatic hydroxyl groups excluding tert-OH is 1. The fourth-order valence-corrected chi connectivity index (χ4v) is 15.0. The summed E-state index contributed by atoms with van der Waals surface area (Å²) in [6.07, 6.45) is 69.7. The Balaban J connectivity index is 5.21. The zero-order chi connectivity index (χ0) is 77.1. The molecule has 105 heavy (non-hydrogen) atoms. The second kappa shape index (κ2) is 77.4. The van der Waals surface area contributed by atoms with Gasteiger partial charge < -0.3 is 33.8 Å². The second-order valence-corrected chi connectivity index (χ2v) is 34.8. The van der Waals surface area contributed by atoms with Crippen LogP contribution in [0.15, 0.2) is 0 Å². The number of phosphoric ester groups is 2. The van der Waals surface area contributed by atoms with Crippen molar-refractivity contribution < 1.29 is 80.2 Å². The molecule has 0 bridgehead atoms. The Morgan fingerprint density at radius 1 is 0.257 bits per heavy atom. The van der Waals surface area contributed by atoms with Gasteiger partial charge in [-0.3, -0.25) is 37.3 Å². The minimum Gasteiger partial charge on any atom is -0.462 e. The van der Waals surface area contributed by atoms with Crippen LogP contribution in [0.2, 0.25) is 0 Å². The molecule has 0 aliphatic rings. The predicted octanol–water partition coefficient (Wildman–Crippen LogP) is 26.2. The quantitative estimate of drug-likeness (QED) is 0.0222. The Labute approximate surface area is 645 Å². The molecule has 0 fully saturated rings. The van der Waals surface area contributed by atoms with Crippen LogP contribution in [0.5, 0.6) is 0 Å². The molecule has 0 rings (SSSR count). The van der Waals surface area contributed by atoms with Crippen molar-refractivity contribution in [2.45, 2.75) is 477 Å². The number of hydrogen-bond donors (Lipinski definition) is 3. The van der Waals surface area contributed by atoms with E-state index in [4.69, 9.17) is 37.0 Å². The van der Waals surface area contributed by atoms with E-state index >= 15 is 0 Å². The van der Waals surface area contributed by atoms with E-state index in [1.54, 1.807) is 0 Å². The van der Waals surface area contributed by atoms with E-state index in [0.717, 1.165) is 102 Å². The van der Waals surface area contributed by atoms with Gasteiger partial charge in [-0.15, -0.1) is 0 Å². The fraction of sp³-hybridized carbons (Fsp3) is 0.953. The van der Waals surface area contributed by atoms with E-state index in [9.17, 15) is 43.2 Å². The number of carbonyl (C=O) groups is 4. The fourth-order valence-electron chi connectivity index (χ4n) is 13.4. The molecule has 0 aromatic carbocycles. The SMILES string of the molecule is CCCCCCCCCCCCCCCCCCCCCCCC(=O)O[C@H](COC(=O)CCCCCCCCCCCCCCCCCCCCCC)COP(=O)(O)OC[C@@H](O)COP(=O)(O)OC[C@@H](COC(=O)CCCCCCCCCC(C)C)OC(=O)CCCCCCCCCCCCCC(C)C. The van der Waals surface area contributed by atoms with Gasteiger partial charge in [0, 0.05) is 25.7 Å². The van der Waals surface area contributed by atoms with E-state index in [0.29, 0.717) is 31.6 Å². The summed E-state index contributed by atoms with van der Waals surface area (Å²) in [4.78, 5) is 73.2. The molecule has 2 unspecified atom stereocenters. The Kier molecular flexibility index (Phi) is 76.0. The lowest BCUT2D eigenvalue weighted by molar-refractivity contribution is -0.161. The standard InChI is InChI=1S/C86H168O17P2/c1-7-9-11-13-15-17-19-21-23-25-27-29-31-33-35-37-41-45-51-58-64-70-85(90)102-81(74-96-83(88)68-62-56-50-44-40-36-34-32-30-28-26-24-22-20-18-16-14-12-10-8-2)76-100-104(92,93)98-72-80(87)73-99-105(94,95)101-77-82(75-97-84(89)69-63-57-53-47-49-55-61-67-79(5)6)103-86(91)71-65-59-52-46-42-38-39-43-48-54-60-66-78(3)4/h78-82,87H,7-77H2,1-6H3,(H,92,93)(H,94,95)/t80-,81-,82-/m1/s1. The molecule has 0 aromatic rings. The van der Waals surface area contributed by atoms with Crippen LogP contribution in [0.3, 0.4) is 0 Å². The highest BCUT2D eigenvalue weighted by atomic mass is 31.2. The molecular weight excluding hydrogens is 1370 g/mol. The summed E-state index contributed by atoms with van der Waals surface area (Å²) in [5, 5.41) is 10.7. The average Bonchev–Trinajstić information content (AvgIpc) is 0.909. The van der Waals surface area contributed by atoms with Crippen LogP contribution < -0.4 is 0 Å². The maximum absolute atomic E-state index is 13.1. The number of rotatable bonds is 85. The lowest BCUT2D eigenvalue weighted by atomic mass is 10.0. The molecule has 0 aliphatic carbocycles. The van der Waals surface area contributed by atoms with Gasteiger partial charge >= 0.3 is 39.5 Å². The molecule has 0 radical (unpaired) electrons. The number of aliphatic hydroxyl groups is 1. The lowest BCUT2D eigenvalue weighted by Crippen LogP contribution is -2.30. The molecule has 0 heterocycles. The molecule has 19 heteroatoms. The zero-order valence-corrected chi connectivity index (χ0v) is 70.8. The van der Waals surface area contributed by atoms with Crippen molar-refractivity contribution in [1.82, 2.24) is 0 Å². The largest absolute Gasteiger partial charge is 0.472 e. The first kappa shape index (κ1) is 103. The summed E-state index contributed by atoms with van der Waals surface area (Å²) < 4.78 is 68.9. The van der Waals surface area contributed by atoms with Crippen LogP contribution in [0.25, 0.3) is 0 Å². The first-order valence-electron chi connectivity index (χ1n) is 44.5. The maximum atomic E-state index is 13.1. The van der Waals surface area contributed by atoms with E-state index in [2.05, 4.69) is 41.5 Å². The maximum Gasteiger partial charge on any atom is 0.472 e. The number of carbonyl (C=O) groups excluding carboxylic acids is 4. The average molecular weight is 1540 g/mol. The molecule has 0 aliphatic heterocycles. The van der Waals surface area contributed by atoms with Gasteiger partial charge in [0.2, 0.25) is 0 Å². The van der Waals surface area contributed by atoms with Crippen molar-refractivity contribution in [3.05, 3.63) is 0 Å². The molecule has 3 N–H and O–H groups in total. The number of unbranched alkanes of at least 4 members (excludes halogenated alkanes) is 55. The third-order valence-electron chi connectivity index (χ3n) is 20.2. The van der Waals surface area contributed by atoms with Crippen molar-refractivity contribution in [3.63, 3.8) is 0 Å². The predicted molar refractivity (Wildman–Crippen MR) is 432 cm³/mol. The number of hydrogen-bond acceptors (Lipinski definition) is 15. The number of esters is 4. The van der Waals surface area contributed by atoms with Gasteiger partial charge in [0.25, 0.3) is 0 Å². The van der Waals surface area contributed by atoms with Gasteiger partial charge in [0.1, 0.15) is 19.3 Å². The Bertz CT molecular complexity index is 2010. The number of ether oxygens (including phenoxy) is 4. The molecule has 624 valence electrons. The van der Waals surface area contributed by atoms with Crippen LogP contribution >= 0.6 is 15.6 Å². The normalized spacial score (nSPS) is 13.8. The molecule has 17 nitrogen and oxygen atoms in total. The molecule has 0 spiro atoms. The van der Waals surface area contributed by atoms with Crippen LogP contribution in [-0.2, 0) is 65.4 Å². The van der Waals surface area contributed by atoms with Crippen molar-refractivity contribution in [1.29, 1.82) is 0 Å². The summed E-state index contributed by atoms with van der Waals surface area (Å²) in [6, 6.07) is 0.